The molecule has 0 unspecified atom stereocenters. The van der Waals surface area contributed by atoms with Gasteiger partial charge in [-0.05, 0) is 68.1 Å². The molecule has 3 aromatic rings. The fourth-order valence-corrected chi connectivity index (χ4v) is 4.13. The zero-order valence-corrected chi connectivity index (χ0v) is 18.8. The minimum atomic E-state index is 0. The number of aromatic nitrogens is 2. The van der Waals surface area contributed by atoms with Crippen molar-refractivity contribution in [3.05, 3.63) is 81.3 Å². The number of aryl methyl sites for hydroxylation is 1. The van der Waals surface area contributed by atoms with E-state index in [1.807, 2.05) is 36.9 Å². The van der Waals surface area contributed by atoms with E-state index in [-0.39, 0.29) is 12.4 Å². The molecule has 27 heavy (non-hydrogen) atoms. The molecule has 0 spiro atoms. The maximum atomic E-state index is 5.97. The summed E-state index contributed by atoms with van der Waals surface area (Å²) in [4.78, 5) is 4.05. The SMILES string of the molecule is Brc1cc(CNCCCn2ccnc2)cc(Br)c1OCc1ccccc1.Cl. The Kier molecular flexibility index (Phi) is 9.34. The lowest BCUT2D eigenvalue weighted by Gasteiger charge is -2.13. The molecule has 0 radical (unpaired) electrons. The molecule has 4 nitrogen and oxygen atoms in total. The number of nitrogens with zero attached hydrogens (tertiary/aromatic N) is 2. The lowest BCUT2D eigenvalue weighted by atomic mass is 10.2. The Morgan fingerprint density at radius 3 is 2.44 bits per heavy atom. The van der Waals surface area contributed by atoms with Gasteiger partial charge in [-0.15, -0.1) is 12.4 Å². The Morgan fingerprint density at radius 2 is 1.78 bits per heavy atom. The summed E-state index contributed by atoms with van der Waals surface area (Å²) in [6, 6.07) is 14.4. The molecule has 0 aliphatic rings. The second-order valence-electron chi connectivity index (χ2n) is 5.99. The predicted octanol–water partition coefficient (Wildman–Crippen LogP) is 5.59. The van der Waals surface area contributed by atoms with E-state index in [4.69, 9.17) is 4.74 Å². The number of hydrogen-bond acceptors (Lipinski definition) is 3. The summed E-state index contributed by atoms with van der Waals surface area (Å²) in [7, 11) is 0. The van der Waals surface area contributed by atoms with Gasteiger partial charge < -0.3 is 14.6 Å². The van der Waals surface area contributed by atoms with Crippen molar-refractivity contribution < 1.29 is 4.74 Å². The standard InChI is InChI=1S/C20H21Br2N3O.ClH/c21-18-11-17(13-23-7-4-9-25-10-8-24-15-25)12-19(22)20(18)26-14-16-5-2-1-3-6-16;/h1-3,5-6,8,10-12,15,23H,4,7,9,13-14H2;1H. The van der Waals surface area contributed by atoms with E-state index in [1.165, 1.54) is 5.56 Å². The topological polar surface area (TPSA) is 39.1 Å². The third-order valence-electron chi connectivity index (χ3n) is 3.94. The van der Waals surface area contributed by atoms with Crippen LogP contribution in [0.2, 0.25) is 0 Å². The molecule has 1 heterocycles. The van der Waals surface area contributed by atoms with Crippen molar-refractivity contribution in [3.8, 4) is 5.75 Å². The van der Waals surface area contributed by atoms with Crippen molar-refractivity contribution in [3.63, 3.8) is 0 Å². The van der Waals surface area contributed by atoms with E-state index in [1.54, 1.807) is 0 Å². The maximum absolute atomic E-state index is 5.97. The highest BCUT2D eigenvalue weighted by atomic mass is 79.9. The highest BCUT2D eigenvalue weighted by Gasteiger charge is 2.09. The summed E-state index contributed by atoms with van der Waals surface area (Å²) in [5, 5.41) is 3.48. The first-order chi connectivity index (χ1) is 12.7. The van der Waals surface area contributed by atoms with Gasteiger partial charge in [-0.2, -0.15) is 0 Å². The minimum absolute atomic E-state index is 0. The van der Waals surface area contributed by atoms with Crippen LogP contribution in [0, 0.1) is 0 Å². The van der Waals surface area contributed by atoms with Crippen molar-refractivity contribution in [1.29, 1.82) is 0 Å². The fraction of sp³-hybridized carbons (Fsp3) is 0.250. The predicted molar refractivity (Wildman–Crippen MR) is 118 cm³/mol. The van der Waals surface area contributed by atoms with Crippen LogP contribution >= 0.6 is 44.3 Å². The van der Waals surface area contributed by atoms with Crippen LogP contribution < -0.4 is 10.1 Å². The summed E-state index contributed by atoms with van der Waals surface area (Å²) in [6.07, 6.45) is 6.71. The van der Waals surface area contributed by atoms with Crippen LogP contribution in [-0.4, -0.2) is 16.1 Å². The van der Waals surface area contributed by atoms with Gasteiger partial charge in [0.1, 0.15) is 12.4 Å². The average molecular weight is 516 g/mol. The molecule has 2 aromatic carbocycles. The van der Waals surface area contributed by atoms with Crippen molar-refractivity contribution in [2.45, 2.75) is 26.1 Å². The fourth-order valence-electron chi connectivity index (χ4n) is 2.62. The van der Waals surface area contributed by atoms with E-state index in [0.29, 0.717) is 6.61 Å². The van der Waals surface area contributed by atoms with Crippen LogP contribution in [0.15, 0.2) is 70.1 Å². The van der Waals surface area contributed by atoms with E-state index < -0.39 is 0 Å². The molecule has 0 aliphatic carbocycles. The third-order valence-corrected chi connectivity index (χ3v) is 5.12. The molecular formula is C20H22Br2ClN3O. The van der Waals surface area contributed by atoms with Crippen molar-refractivity contribution in [2.75, 3.05) is 6.54 Å². The monoisotopic (exact) mass is 513 g/mol. The number of benzene rings is 2. The van der Waals surface area contributed by atoms with Crippen LogP contribution in [-0.2, 0) is 19.7 Å². The lowest BCUT2D eigenvalue weighted by Crippen LogP contribution is -2.16. The van der Waals surface area contributed by atoms with Gasteiger partial charge in [0.2, 0.25) is 0 Å². The first kappa shape index (κ1) is 22.0. The molecule has 0 fully saturated rings. The molecule has 0 saturated heterocycles. The Bertz CT molecular complexity index is 790. The molecular weight excluding hydrogens is 494 g/mol. The quantitative estimate of drug-likeness (QED) is 0.378. The zero-order chi connectivity index (χ0) is 18.2. The zero-order valence-electron chi connectivity index (χ0n) is 14.8. The second kappa shape index (κ2) is 11.5. The molecule has 1 aromatic heterocycles. The number of ether oxygens (including phenoxy) is 1. The second-order valence-corrected chi connectivity index (χ2v) is 7.70. The van der Waals surface area contributed by atoms with Crippen LogP contribution in [0.5, 0.6) is 5.75 Å². The van der Waals surface area contributed by atoms with Crippen molar-refractivity contribution in [2.24, 2.45) is 0 Å². The summed E-state index contributed by atoms with van der Waals surface area (Å²) in [6.45, 7) is 3.30. The van der Waals surface area contributed by atoms with E-state index in [2.05, 4.69) is 71.0 Å². The number of imidazole rings is 1. The molecule has 7 heteroatoms. The number of rotatable bonds is 9. The number of hydrogen-bond donors (Lipinski definition) is 1. The van der Waals surface area contributed by atoms with E-state index in [0.717, 1.165) is 46.3 Å². The summed E-state index contributed by atoms with van der Waals surface area (Å²) in [5.74, 6) is 0.831. The summed E-state index contributed by atoms with van der Waals surface area (Å²) in [5.41, 5.74) is 2.35. The largest absolute Gasteiger partial charge is 0.487 e. The normalized spacial score (nSPS) is 10.4. The molecule has 3 rings (SSSR count). The maximum Gasteiger partial charge on any atom is 0.148 e. The van der Waals surface area contributed by atoms with Gasteiger partial charge in [-0.1, -0.05) is 30.3 Å². The van der Waals surface area contributed by atoms with E-state index in [9.17, 15) is 0 Å². The van der Waals surface area contributed by atoms with Crippen LogP contribution in [0.4, 0.5) is 0 Å². The number of halogens is 3. The van der Waals surface area contributed by atoms with Gasteiger partial charge in [0.15, 0.2) is 0 Å². The molecule has 0 aliphatic heterocycles. The van der Waals surface area contributed by atoms with Crippen LogP contribution in [0.3, 0.4) is 0 Å². The van der Waals surface area contributed by atoms with Gasteiger partial charge in [0.25, 0.3) is 0 Å². The number of nitrogens with one attached hydrogen (secondary N) is 1. The molecule has 0 atom stereocenters. The van der Waals surface area contributed by atoms with E-state index >= 15 is 0 Å². The molecule has 144 valence electrons. The Balaban J connectivity index is 0.00000261. The van der Waals surface area contributed by atoms with Crippen LogP contribution in [0.25, 0.3) is 0 Å². The van der Waals surface area contributed by atoms with Gasteiger partial charge in [0, 0.05) is 25.5 Å². The molecule has 1 N–H and O–H groups in total. The van der Waals surface area contributed by atoms with Gasteiger partial charge in [0.05, 0.1) is 15.3 Å². The Labute approximate surface area is 183 Å². The van der Waals surface area contributed by atoms with Crippen LogP contribution in [0.1, 0.15) is 17.5 Å². The van der Waals surface area contributed by atoms with Gasteiger partial charge >= 0.3 is 0 Å². The molecule has 0 amide bonds. The van der Waals surface area contributed by atoms with Crippen molar-refractivity contribution in [1.82, 2.24) is 14.9 Å². The minimum Gasteiger partial charge on any atom is -0.487 e. The van der Waals surface area contributed by atoms with Crippen molar-refractivity contribution >= 4 is 44.3 Å². The van der Waals surface area contributed by atoms with Gasteiger partial charge in [-0.25, -0.2) is 4.98 Å². The highest BCUT2D eigenvalue weighted by molar-refractivity contribution is 9.11. The average Bonchev–Trinajstić information content (AvgIpc) is 3.15. The first-order valence-electron chi connectivity index (χ1n) is 8.53. The smallest absolute Gasteiger partial charge is 0.148 e. The molecule has 0 bridgehead atoms. The summed E-state index contributed by atoms with van der Waals surface area (Å²) >= 11 is 7.25. The third kappa shape index (κ3) is 6.96. The lowest BCUT2D eigenvalue weighted by molar-refractivity contribution is 0.302. The Hall–Kier alpha value is -1.34. The summed E-state index contributed by atoms with van der Waals surface area (Å²) < 4.78 is 9.97. The van der Waals surface area contributed by atoms with Gasteiger partial charge in [-0.3, -0.25) is 0 Å². The first-order valence-corrected chi connectivity index (χ1v) is 10.1. The molecule has 0 saturated carbocycles. The highest BCUT2D eigenvalue weighted by Crippen LogP contribution is 2.35. The Morgan fingerprint density at radius 1 is 1.04 bits per heavy atom.